The summed E-state index contributed by atoms with van der Waals surface area (Å²) in [6, 6.07) is 9.68. The summed E-state index contributed by atoms with van der Waals surface area (Å²) in [5.74, 6) is 1.10. The summed E-state index contributed by atoms with van der Waals surface area (Å²) in [4.78, 5) is 6.60. The van der Waals surface area contributed by atoms with Crippen molar-refractivity contribution in [3.63, 3.8) is 0 Å². The Hall–Kier alpha value is -1.85. The van der Waals surface area contributed by atoms with Gasteiger partial charge < -0.3 is 9.26 Å². The van der Waals surface area contributed by atoms with Gasteiger partial charge in [-0.3, -0.25) is 4.90 Å². The smallest absolute Gasteiger partial charge is 0.282 e. The Morgan fingerprint density at radius 3 is 2.31 bits per heavy atom. The quantitative estimate of drug-likeness (QED) is 0.716. The van der Waals surface area contributed by atoms with Crippen LogP contribution < -0.4 is 0 Å². The molecule has 2 aliphatic heterocycles. The highest BCUT2D eigenvalue weighted by atomic mass is 32.2. The van der Waals surface area contributed by atoms with Gasteiger partial charge in [0.2, 0.25) is 11.7 Å². The van der Waals surface area contributed by atoms with Gasteiger partial charge in [-0.25, -0.2) is 0 Å². The first-order chi connectivity index (χ1) is 13.9. The van der Waals surface area contributed by atoms with E-state index >= 15 is 0 Å². The van der Waals surface area contributed by atoms with E-state index in [2.05, 4.69) is 15.0 Å². The number of morpholine rings is 1. The van der Waals surface area contributed by atoms with E-state index in [0.717, 1.165) is 5.56 Å². The summed E-state index contributed by atoms with van der Waals surface area (Å²) in [6.07, 6.45) is -0.183. The average molecular weight is 422 g/mol. The van der Waals surface area contributed by atoms with E-state index in [0.29, 0.717) is 57.5 Å². The van der Waals surface area contributed by atoms with Crippen molar-refractivity contribution in [1.82, 2.24) is 23.7 Å². The van der Waals surface area contributed by atoms with E-state index in [9.17, 15) is 8.42 Å². The van der Waals surface area contributed by atoms with Crippen LogP contribution in [0.15, 0.2) is 34.9 Å². The SMILES string of the molecule is C[C@@H]1CN(S(=O)(=O)N2CCN(Cc3nc(-c4ccccc4)no3)CC2)C[C@H](C)O1. The molecule has 0 spiro atoms. The second-order valence-corrected chi connectivity index (χ2v) is 9.56. The highest BCUT2D eigenvalue weighted by Gasteiger charge is 2.36. The van der Waals surface area contributed by atoms with E-state index in [1.54, 1.807) is 8.61 Å². The summed E-state index contributed by atoms with van der Waals surface area (Å²) in [5, 5.41) is 4.04. The van der Waals surface area contributed by atoms with Crippen LogP contribution in [0.5, 0.6) is 0 Å². The third-order valence-electron chi connectivity index (χ3n) is 5.23. The lowest BCUT2D eigenvalue weighted by Crippen LogP contribution is -2.57. The molecule has 4 rings (SSSR count). The molecule has 0 bridgehead atoms. The van der Waals surface area contributed by atoms with Gasteiger partial charge in [0.15, 0.2) is 0 Å². The monoisotopic (exact) mass is 421 g/mol. The molecule has 2 aromatic rings. The predicted molar refractivity (Wildman–Crippen MR) is 107 cm³/mol. The topological polar surface area (TPSA) is 92.0 Å². The van der Waals surface area contributed by atoms with Crippen molar-refractivity contribution in [2.45, 2.75) is 32.6 Å². The summed E-state index contributed by atoms with van der Waals surface area (Å²) in [6.45, 7) is 7.27. The van der Waals surface area contributed by atoms with Gasteiger partial charge in [0.1, 0.15) is 0 Å². The van der Waals surface area contributed by atoms with Crippen molar-refractivity contribution in [2.24, 2.45) is 0 Å². The Bertz CT molecular complexity index is 902. The number of hydrogen-bond acceptors (Lipinski definition) is 7. The molecule has 0 aliphatic carbocycles. The molecule has 2 atom stereocenters. The molecule has 10 heteroatoms. The molecule has 0 radical (unpaired) electrons. The second-order valence-electron chi connectivity index (χ2n) is 7.64. The first-order valence-corrected chi connectivity index (χ1v) is 11.3. The maximum absolute atomic E-state index is 13.0. The van der Waals surface area contributed by atoms with Gasteiger partial charge in [0.05, 0.1) is 18.8 Å². The Morgan fingerprint density at radius 1 is 1.00 bits per heavy atom. The fourth-order valence-electron chi connectivity index (χ4n) is 3.82. The van der Waals surface area contributed by atoms with Crippen LogP contribution in [-0.4, -0.2) is 83.5 Å². The number of piperazine rings is 1. The van der Waals surface area contributed by atoms with Gasteiger partial charge >= 0.3 is 0 Å². The molecule has 2 fully saturated rings. The third kappa shape index (κ3) is 4.67. The highest BCUT2D eigenvalue weighted by molar-refractivity contribution is 7.86. The first kappa shape index (κ1) is 20.4. The standard InChI is InChI=1S/C19H27N5O4S/c1-15-12-24(13-16(2)27-15)29(25,26)23-10-8-22(9-11-23)14-18-20-19(21-28-18)17-6-4-3-5-7-17/h3-7,15-16H,8-14H2,1-2H3/t15-,16+. The van der Waals surface area contributed by atoms with Crippen LogP contribution in [0.25, 0.3) is 11.4 Å². The number of benzene rings is 1. The lowest BCUT2D eigenvalue weighted by Gasteiger charge is -2.40. The molecule has 9 nitrogen and oxygen atoms in total. The number of nitrogens with zero attached hydrogens (tertiary/aromatic N) is 5. The van der Waals surface area contributed by atoms with Crippen molar-refractivity contribution in [3.05, 3.63) is 36.2 Å². The Labute approximate surface area is 171 Å². The van der Waals surface area contributed by atoms with Crippen molar-refractivity contribution >= 4 is 10.2 Å². The Kier molecular flexibility index (Phi) is 5.98. The predicted octanol–water partition coefficient (Wildman–Crippen LogP) is 1.21. The van der Waals surface area contributed by atoms with Gasteiger partial charge in [-0.1, -0.05) is 35.5 Å². The van der Waals surface area contributed by atoms with Crippen LogP contribution in [0.3, 0.4) is 0 Å². The molecular weight excluding hydrogens is 394 g/mol. The van der Waals surface area contributed by atoms with Gasteiger partial charge in [-0.15, -0.1) is 0 Å². The van der Waals surface area contributed by atoms with E-state index < -0.39 is 10.2 Å². The summed E-state index contributed by atoms with van der Waals surface area (Å²) in [7, 11) is -3.47. The van der Waals surface area contributed by atoms with Gasteiger partial charge in [-0.2, -0.15) is 22.0 Å². The molecular formula is C19H27N5O4S. The van der Waals surface area contributed by atoms with Gasteiger partial charge in [0, 0.05) is 44.8 Å². The molecule has 1 aromatic heterocycles. The number of ether oxygens (including phenoxy) is 1. The zero-order chi connectivity index (χ0) is 20.4. The fourth-order valence-corrected chi connectivity index (χ4v) is 5.56. The van der Waals surface area contributed by atoms with Crippen LogP contribution in [0.2, 0.25) is 0 Å². The van der Waals surface area contributed by atoms with Crippen LogP contribution in [0.1, 0.15) is 19.7 Å². The lowest BCUT2D eigenvalue weighted by molar-refractivity contribution is -0.0458. The molecule has 0 saturated carbocycles. The van der Waals surface area contributed by atoms with Crippen LogP contribution >= 0.6 is 0 Å². The van der Waals surface area contributed by atoms with E-state index in [-0.39, 0.29) is 12.2 Å². The second kappa shape index (κ2) is 8.49. The normalized spacial score (nSPS) is 25.3. The van der Waals surface area contributed by atoms with E-state index in [1.165, 1.54) is 0 Å². The Morgan fingerprint density at radius 2 is 1.66 bits per heavy atom. The molecule has 2 saturated heterocycles. The van der Waals surface area contributed by atoms with Gasteiger partial charge in [0.25, 0.3) is 10.2 Å². The largest absolute Gasteiger partial charge is 0.373 e. The zero-order valence-electron chi connectivity index (χ0n) is 16.8. The van der Waals surface area contributed by atoms with E-state index in [1.807, 2.05) is 44.2 Å². The van der Waals surface area contributed by atoms with E-state index in [4.69, 9.17) is 9.26 Å². The van der Waals surface area contributed by atoms with Crippen molar-refractivity contribution in [1.29, 1.82) is 0 Å². The van der Waals surface area contributed by atoms with Crippen LogP contribution in [0, 0.1) is 0 Å². The summed E-state index contributed by atoms with van der Waals surface area (Å²) in [5.41, 5.74) is 0.910. The summed E-state index contributed by atoms with van der Waals surface area (Å²) < 4.78 is 40.1. The maximum Gasteiger partial charge on any atom is 0.282 e. The number of rotatable bonds is 5. The third-order valence-corrected chi connectivity index (χ3v) is 7.20. The van der Waals surface area contributed by atoms with Gasteiger partial charge in [-0.05, 0) is 13.8 Å². The van der Waals surface area contributed by atoms with Crippen molar-refractivity contribution in [3.8, 4) is 11.4 Å². The average Bonchev–Trinajstić information content (AvgIpc) is 3.17. The minimum atomic E-state index is -3.47. The molecule has 158 valence electrons. The molecule has 1 aromatic carbocycles. The maximum atomic E-state index is 13.0. The lowest BCUT2D eigenvalue weighted by atomic mass is 10.2. The minimum absolute atomic E-state index is 0.0915. The molecule has 0 N–H and O–H groups in total. The number of aromatic nitrogens is 2. The molecule has 0 amide bonds. The first-order valence-electron chi connectivity index (χ1n) is 9.93. The molecule has 29 heavy (non-hydrogen) atoms. The molecule has 2 aliphatic rings. The molecule has 3 heterocycles. The highest BCUT2D eigenvalue weighted by Crippen LogP contribution is 2.20. The fraction of sp³-hybridized carbons (Fsp3) is 0.579. The molecule has 0 unspecified atom stereocenters. The van der Waals surface area contributed by atoms with Crippen molar-refractivity contribution in [2.75, 3.05) is 39.3 Å². The summed E-state index contributed by atoms with van der Waals surface area (Å²) >= 11 is 0. The zero-order valence-corrected chi connectivity index (χ0v) is 17.6. The Balaban J connectivity index is 1.33. The van der Waals surface area contributed by atoms with Crippen LogP contribution in [-0.2, 0) is 21.5 Å². The number of hydrogen-bond donors (Lipinski definition) is 0. The minimum Gasteiger partial charge on any atom is -0.373 e. The van der Waals surface area contributed by atoms with Crippen molar-refractivity contribution < 1.29 is 17.7 Å². The van der Waals surface area contributed by atoms with Crippen LogP contribution in [0.4, 0.5) is 0 Å².